The van der Waals surface area contributed by atoms with Crippen LogP contribution in [0.25, 0.3) is 11.0 Å². The summed E-state index contributed by atoms with van der Waals surface area (Å²) in [5.41, 5.74) is 2.07. The van der Waals surface area contributed by atoms with Gasteiger partial charge in [0.15, 0.2) is 6.61 Å². The number of quaternary nitrogens is 1. The lowest BCUT2D eigenvalue weighted by Crippen LogP contribution is -2.20. The van der Waals surface area contributed by atoms with Crippen molar-refractivity contribution in [2.24, 2.45) is 0 Å². The Morgan fingerprint density at radius 3 is 2.65 bits per heavy atom. The maximum Gasteiger partial charge on any atom is 0.422 e. The number of hydrogen-bond acceptors (Lipinski definition) is 4. The summed E-state index contributed by atoms with van der Waals surface area (Å²) in [7, 11) is -1.57. The Labute approximate surface area is 149 Å². The van der Waals surface area contributed by atoms with Gasteiger partial charge in [0.2, 0.25) is 0 Å². The van der Waals surface area contributed by atoms with Crippen molar-refractivity contribution in [3.63, 3.8) is 0 Å². The highest BCUT2D eigenvalue weighted by molar-refractivity contribution is 7.84. The molecule has 1 atom stereocenters. The van der Waals surface area contributed by atoms with Crippen LogP contribution in [0.3, 0.4) is 0 Å². The minimum atomic E-state index is -4.43. The van der Waals surface area contributed by atoms with E-state index in [1.54, 1.807) is 31.2 Å². The summed E-state index contributed by atoms with van der Waals surface area (Å²) >= 11 is 0. The fourth-order valence-electron chi connectivity index (χ4n) is 2.20. The van der Waals surface area contributed by atoms with Gasteiger partial charge in [0, 0.05) is 16.9 Å². The molecule has 0 aliphatic rings. The zero-order chi connectivity index (χ0) is 18.0. The first kappa shape index (κ1) is 19.9. The van der Waals surface area contributed by atoms with E-state index in [0.29, 0.717) is 22.3 Å². The molecule has 3 aromatic rings. The van der Waals surface area contributed by atoms with Crippen LogP contribution in [0, 0.1) is 6.92 Å². The van der Waals surface area contributed by atoms with Crippen molar-refractivity contribution >= 4 is 21.8 Å². The van der Waals surface area contributed by atoms with E-state index in [0.717, 1.165) is 0 Å². The van der Waals surface area contributed by atoms with Crippen molar-refractivity contribution in [3.8, 4) is 5.75 Å². The van der Waals surface area contributed by atoms with E-state index in [2.05, 4.69) is 15.0 Å². The second-order valence-electron chi connectivity index (χ2n) is 5.27. The third-order valence-corrected chi connectivity index (χ3v) is 4.56. The summed E-state index contributed by atoms with van der Waals surface area (Å²) < 4.78 is 54.2. The van der Waals surface area contributed by atoms with Crippen LogP contribution >= 0.6 is 0 Å². The van der Waals surface area contributed by atoms with Gasteiger partial charge in [-0.2, -0.15) is 13.2 Å². The van der Waals surface area contributed by atoms with Crippen molar-refractivity contribution in [2.45, 2.75) is 24.0 Å². The van der Waals surface area contributed by atoms with E-state index >= 15 is 0 Å². The predicted molar refractivity (Wildman–Crippen MR) is 91.7 cm³/mol. The highest BCUT2D eigenvalue weighted by Gasteiger charge is 2.28. The zero-order valence-corrected chi connectivity index (χ0v) is 14.9. The molecule has 10 heteroatoms. The van der Waals surface area contributed by atoms with Crippen molar-refractivity contribution in [3.05, 3.63) is 47.8 Å². The fraction of sp³-hybridized carbons (Fsp3) is 0.250. The molecule has 2 aromatic heterocycles. The molecule has 1 aromatic carbocycles. The largest absolute Gasteiger partial charge is 0.484 e. The molecule has 0 amide bonds. The molecule has 0 bridgehead atoms. The summed E-state index contributed by atoms with van der Waals surface area (Å²) in [5.74, 6) is 0.0543. The number of ether oxygens (including phenoxy) is 1. The van der Waals surface area contributed by atoms with Crippen LogP contribution in [0.4, 0.5) is 13.2 Å². The predicted octanol–water partition coefficient (Wildman–Crippen LogP) is 3.52. The molecule has 0 fully saturated rings. The molecular weight excluding hydrogens is 369 g/mol. The summed E-state index contributed by atoms with van der Waals surface area (Å²) in [6.07, 6.45) is -3.10. The van der Waals surface area contributed by atoms with Crippen molar-refractivity contribution in [1.29, 1.82) is 0 Å². The number of imidazole rings is 1. The number of alkyl halides is 3. The van der Waals surface area contributed by atoms with Crippen LogP contribution in [0.15, 0.2) is 41.7 Å². The van der Waals surface area contributed by atoms with Crippen LogP contribution < -0.4 is 15.9 Å². The first-order chi connectivity index (χ1) is 11.8. The SMILES string of the molecule is Cc1c(OCC(F)(F)F)ccnc1C[S@@](=O)c1nc2ccccc2[n-]1.[NH4+]. The van der Waals surface area contributed by atoms with Crippen LogP contribution in [0.1, 0.15) is 11.3 Å². The van der Waals surface area contributed by atoms with E-state index in [-0.39, 0.29) is 22.8 Å². The molecular formula is C16H17F3N4O2S. The van der Waals surface area contributed by atoms with Crippen LogP contribution in [-0.2, 0) is 16.6 Å². The first-order valence-electron chi connectivity index (χ1n) is 7.25. The van der Waals surface area contributed by atoms with Crippen molar-refractivity contribution in [1.82, 2.24) is 21.1 Å². The number of benzene rings is 1. The number of aromatic nitrogens is 3. The normalized spacial score (nSPS) is 12.6. The summed E-state index contributed by atoms with van der Waals surface area (Å²) in [6.45, 7) is 0.186. The number of para-hydroxylation sites is 2. The highest BCUT2D eigenvalue weighted by atomic mass is 32.2. The quantitative estimate of drug-likeness (QED) is 0.723. The average molecular weight is 386 g/mol. The standard InChI is InChI=1S/C16H13F3N3O2S.H3N/c1-10-13(20-7-6-14(10)24-9-16(17,18)19)8-25(23)15-21-11-4-2-3-5-12(11)22-15;/h2-7H,8-9H2,1H3;1H3/q-1;/p+1/t25-;/m1./s1. The lowest BCUT2D eigenvalue weighted by molar-refractivity contribution is -0.153. The number of fused-ring (bicyclic) bond motifs is 1. The number of hydrogen-bond donors (Lipinski definition) is 1. The van der Waals surface area contributed by atoms with Gasteiger partial charge in [0.25, 0.3) is 0 Å². The maximum atomic E-state index is 12.5. The van der Waals surface area contributed by atoms with Gasteiger partial charge >= 0.3 is 6.18 Å². The molecule has 0 saturated heterocycles. The van der Waals surface area contributed by atoms with E-state index in [9.17, 15) is 17.4 Å². The number of pyridine rings is 1. The molecule has 0 saturated carbocycles. The first-order valence-corrected chi connectivity index (χ1v) is 8.57. The lowest BCUT2D eigenvalue weighted by atomic mass is 10.2. The molecule has 4 N–H and O–H groups in total. The monoisotopic (exact) mass is 386 g/mol. The molecule has 0 unspecified atom stereocenters. The topological polar surface area (TPSA) is 103 Å². The van der Waals surface area contributed by atoms with E-state index in [1.807, 2.05) is 0 Å². The molecule has 140 valence electrons. The molecule has 6 nitrogen and oxygen atoms in total. The Bertz CT molecular complexity index is 894. The minimum Gasteiger partial charge on any atom is -0.484 e. The van der Waals surface area contributed by atoms with Crippen LogP contribution in [-0.4, -0.2) is 27.0 Å². The maximum absolute atomic E-state index is 12.5. The third kappa shape index (κ3) is 4.58. The molecule has 26 heavy (non-hydrogen) atoms. The minimum absolute atomic E-state index is 0. The average Bonchev–Trinajstić information content (AvgIpc) is 2.99. The second kappa shape index (κ2) is 7.83. The second-order valence-corrected chi connectivity index (χ2v) is 6.61. The lowest BCUT2D eigenvalue weighted by Gasteiger charge is -2.13. The molecule has 3 rings (SSSR count). The van der Waals surface area contributed by atoms with Gasteiger partial charge in [-0.05, 0) is 24.0 Å². The van der Waals surface area contributed by atoms with Crippen LogP contribution in [0.2, 0.25) is 0 Å². The summed E-state index contributed by atoms with van der Waals surface area (Å²) in [5, 5.41) is 0.170. The Balaban J connectivity index is 0.00000243. The Hall–Kier alpha value is -2.46. The fourth-order valence-corrected chi connectivity index (χ4v) is 3.26. The van der Waals surface area contributed by atoms with Gasteiger partial charge in [-0.25, -0.2) is 0 Å². The van der Waals surface area contributed by atoms with Gasteiger partial charge in [-0.3, -0.25) is 9.19 Å². The van der Waals surface area contributed by atoms with Crippen molar-refractivity contribution in [2.75, 3.05) is 6.61 Å². The van der Waals surface area contributed by atoms with Gasteiger partial charge < -0.3 is 20.9 Å². The number of halogens is 3. The van der Waals surface area contributed by atoms with Crippen molar-refractivity contribution < 1.29 is 22.1 Å². The van der Waals surface area contributed by atoms with Gasteiger partial charge in [-0.1, -0.05) is 24.3 Å². The Morgan fingerprint density at radius 1 is 1.23 bits per heavy atom. The highest BCUT2D eigenvalue weighted by Crippen LogP contribution is 2.24. The van der Waals surface area contributed by atoms with Gasteiger partial charge in [-0.15, -0.1) is 0 Å². The van der Waals surface area contributed by atoms with E-state index in [1.165, 1.54) is 12.3 Å². The molecule has 2 heterocycles. The zero-order valence-electron chi connectivity index (χ0n) is 14.1. The molecule has 0 spiro atoms. The van der Waals surface area contributed by atoms with Gasteiger partial charge in [0.1, 0.15) is 5.75 Å². The van der Waals surface area contributed by atoms with Crippen LogP contribution in [0.5, 0.6) is 5.75 Å². The Kier molecular flexibility index (Phi) is 5.98. The number of nitrogens with zero attached hydrogens (tertiary/aromatic N) is 3. The summed E-state index contributed by atoms with van der Waals surface area (Å²) in [6, 6.07) is 8.48. The molecule has 0 aliphatic carbocycles. The Morgan fingerprint density at radius 2 is 1.96 bits per heavy atom. The third-order valence-electron chi connectivity index (χ3n) is 3.44. The molecule has 0 aliphatic heterocycles. The van der Waals surface area contributed by atoms with Gasteiger partial charge in [0.05, 0.1) is 22.2 Å². The molecule has 0 radical (unpaired) electrons. The van der Waals surface area contributed by atoms with E-state index in [4.69, 9.17) is 4.74 Å². The number of rotatable bonds is 5. The smallest absolute Gasteiger partial charge is 0.422 e. The summed E-state index contributed by atoms with van der Waals surface area (Å²) in [4.78, 5) is 12.5. The van der Waals surface area contributed by atoms with E-state index < -0.39 is 23.6 Å².